The Labute approximate surface area is 261 Å². The van der Waals surface area contributed by atoms with Gasteiger partial charge in [0, 0.05) is 17.7 Å². The molecule has 2 aliphatic rings. The number of rotatable bonds is 9. The molecule has 0 saturated carbocycles. The minimum atomic E-state index is -0.743. The minimum Gasteiger partial charge on any atom is -0.493 e. The number of methoxy groups -OCH3 is 3. The number of para-hydroxylation sites is 1. The van der Waals surface area contributed by atoms with Gasteiger partial charge in [0.25, 0.3) is 0 Å². The number of nitrogens with one attached hydrogen (secondary N) is 1. The molecule has 1 atom stereocenters. The average Bonchev–Trinajstić information content (AvgIpc) is 3.48. The number of carbonyl (C=O) groups excluding carboxylic acids is 2. The Morgan fingerprint density at radius 2 is 1.91 bits per heavy atom. The van der Waals surface area contributed by atoms with E-state index in [9.17, 15) is 14.9 Å². The molecule has 1 unspecified atom stereocenters. The highest BCUT2D eigenvalue weighted by Crippen LogP contribution is 2.50. The lowest BCUT2D eigenvalue weighted by atomic mass is 9.75. The predicted octanol–water partition coefficient (Wildman–Crippen LogP) is 5.25. The van der Waals surface area contributed by atoms with Gasteiger partial charge in [0.2, 0.25) is 16.8 Å². The Morgan fingerprint density at radius 1 is 1.19 bits per heavy atom. The van der Waals surface area contributed by atoms with Crippen LogP contribution in [-0.4, -0.2) is 49.0 Å². The number of benzene rings is 2. The van der Waals surface area contributed by atoms with Gasteiger partial charge in [-0.2, -0.15) is 5.26 Å². The first-order chi connectivity index (χ1) is 20.8. The summed E-state index contributed by atoms with van der Waals surface area (Å²) < 4.78 is 17.1. The molecule has 1 aliphatic heterocycles. The summed E-state index contributed by atoms with van der Waals surface area (Å²) in [5, 5.41) is 22.5. The van der Waals surface area contributed by atoms with Crippen LogP contribution < -0.4 is 30.2 Å². The Morgan fingerprint density at radius 3 is 2.56 bits per heavy atom. The largest absolute Gasteiger partial charge is 0.493 e. The first-order valence-electron chi connectivity index (χ1n) is 13.1. The third-order valence-electron chi connectivity index (χ3n) is 7.00. The van der Waals surface area contributed by atoms with Crippen LogP contribution in [0.5, 0.6) is 17.2 Å². The van der Waals surface area contributed by atoms with Crippen molar-refractivity contribution in [1.82, 2.24) is 10.2 Å². The van der Waals surface area contributed by atoms with E-state index in [-0.39, 0.29) is 28.8 Å². The smallest absolute Gasteiger partial charge is 0.234 e. The van der Waals surface area contributed by atoms with E-state index in [0.717, 1.165) is 0 Å². The number of carbonyl (C=O) groups is 2. The third kappa shape index (κ3) is 5.86. The van der Waals surface area contributed by atoms with Crippen molar-refractivity contribution in [3.05, 3.63) is 69.6 Å². The van der Waals surface area contributed by atoms with Gasteiger partial charge in [0.1, 0.15) is 5.82 Å². The van der Waals surface area contributed by atoms with Gasteiger partial charge < -0.3 is 25.3 Å². The topological polar surface area (TPSA) is 153 Å². The van der Waals surface area contributed by atoms with E-state index in [2.05, 4.69) is 21.6 Å². The van der Waals surface area contributed by atoms with Crippen LogP contribution in [-0.2, 0) is 9.59 Å². The molecule has 1 aliphatic carbocycles. The number of ketones is 1. The molecule has 1 aromatic heterocycles. The molecule has 14 heteroatoms. The number of aromatic nitrogens is 2. The molecule has 0 saturated heterocycles. The summed E-state index contributed by atoms with van der Waals surface area (Å²) in [7, 11) is 4.50. The number of thioether (sulfide) groups is 1. The second-order valence-corrected chi connectivity index (χ2v) is 12.0. The molecule has 0 radical (unpaired) electrons. The lowest BCUT2D eigenvalue weighted by molar-refractivity contribution is -0.116. The Kier molecular flexibility index (Phi) is 9.10. The number of nitrogens with zero attached hydrogens (tertiary/aromatic N) is 4. The van der Waals surface area contributed by atoms with E-state index in [0.29, 0.717) is 73.5 Å². The zero-order valence-corrected chi connectivity index (χ0v) is 25.9. The molecule has 3 N–H and O–H groups in total. The maximum Gasteiger partial charge on any atom is 0.234 e. The van der Waals surface area contributed by atoms with Crippen LogP contribution in [0.2, 0.25) is 5.02 Å². The van der Waals surface area contributed by atoms with Gasteiger partial charge in [0.15, 0.2) is 21.6 Å². The molecular weight excluding hydrogens is 612 g/mol. The second-order valence-electron chi connectivity index (χ2n) is 9.44. The molecule has 3 aromatic rings. The van der Waals surface area contributed by atoms with Crippen LogP contribution in [0.4, 0.5) is 10.8 Å². The summed E-state index contributed by atoms with van der Waals surface area (Å²) in [6.45, 7) is 0. The first kappa shape index (κ1) is 30.2. The van der Waals surface area contributed by atoms with Crippen molar-refractivity contribution >= 4 is 57.2 Å². The second kappa shape index (κ2) is 12.9. The summed E-state index contributed by atoms with van der Waals surface area (Å²) in [6, 6.07) is 12.7. The lowest BCUT2D eigenvalue weighted by Gasteiger charge is -2.38. The number of halogens is 1. The number of hydrogen-bond acceptors (Lipinski definition) is 12. The van der Waals surface area contributed by atoms with Crippen molar-refractivity contribution in [2.24, 2.45) is 5.73 Å². The summed E-state index contributed by atoms with van der Waals surface area (Å²) >= 11 is 8.56. The number of nitriles is 1. The van der Waals surface area contributed by atoms with Crippen LogP contribution >= 0.6 is 34.7 Å². The van der Waals surface area contributed by atoms with Crippen LogP contribution in [0.25, 0.3) is 0 Å². The van der Waals surface area contributed by atoms with Gasteiger partial charge in [-0.1, -0.05) is 46.8 Å². The normalized spacial score (nSPS) is 16.5. The standard InChI is InChI=1S/C29H27ClN6O5S2/c1-39-21-11-15(12-22(40-2)26(21)41-3)24-16(13-31)27(32)36(19-9-6-10-20(37)25(19)24)28-34-35-29(43-28)42-14-23(38)33-18-8-5-4-7-17(18)30/h4-5,7-8,11-12,24H,6,9-10,14,32H2,1-3H3,(H,33,38). The van der Waals surface area contributed by atoms with E-state index in [1.165, 1.54) is 44.4 Å². The van der Waals surface area contributed by atoms with Gasteiger partial charge in [-0.05, 0) is 42.7 Å². The van der Waals surface area contributed by atoms with Crippen LogP contribution in [0.3, 0.4) is 0 Å². The van der Waals surface area contributed by atoms with Gasteiger partial charge in [-0.15, -0.1) is 10.2 Å². The molecule has 222 valence electrons. The highest BCUT2D eigenvalue weighted by Gasteiger charge is 2.42. The highest BCUT2D eigenvalue weighted by atomic mass is 35.5. The van der Waals surface area contributed by atoms with Gasteiger partial charge in [-0.25, -0.2) is 0 Å². The van der Waals surface area contributed by atoms with E-state index >= 15 is 0 Å². The highest BCUT2D eigenvalue weighted by molar-refractivity contribution is 8.01. The fraction of sp³-hybridized carbons (Fsp3) is 0.276. The third-order valence-corrected chi connectivity index (χ3v) is 9.37. The number of nitrogens with two attached hydrogens (primary N) is 1. The van der Waals surface area contributed by atoms with Crippen LogP contribution in [0.1, 0.15) is 30.7 Å². The number of allylic oxidation sites excluding steroid dienone is 3. The zero-order valence-electron chi connectivity index (χ0n) is 23.5. The lowest BCUT2D eigenvalue weighted by Crippen LogP contribution is -2.38. The maximum atomic E-state index is 13.5. The minimum absolute atomic E-state index is 0.0737. The summed E-state index contributed by atoms with van der Waals surface area (Å²) in [4.78, 5) is 27.7. The van der Waals surface area contributed by atoms with Crippen molar-refractivity contribution < 1.29 is 23.8 Å². The van der Waals surface area contributed by atoms with Crippen LogP contribution in [0.15, 0.2) is 63.4 Å². The van der Waals surface area contributed by atoms with E-state index in [1.807, 2.05) is 0 Å². The summed E-state index contributed by atoms with van der Waals surface area (Å²) in [5.41, 5.74) is 9.12. The van der Waals surface area contributed by atoms with Gasteiger partial charge in [-0.3, -0.25) is 14.5 Å². The van der Waals surface area contributed by atoms with Crippen molar-refractivity contribution in [2.45, 2.75) is 29.5 Å². The molecule has 5 rings (SSSR count). The van der Waals surface area contributed by atoms with Gasteiger partial charge in [0.05, 0.1) is 55.4 Å². The number of hydrogen-bond donors (Lipinski definition) is 2. The molecule has 0 bridgehead atoms. The Bertz CT molecular complexity index is 1670. The molecule has 1 amide bonds. The number of amides is 1. The molecule has 2 heterocycles. The number of ether oxygens (including phenoxy) is 3. The van der Waals surface area contributed by atoms with Crippen molar-refractivity contribution in [2.75, 3.05) is 37.3 Å². The molecule has 0 spiro atoms. The zero-order chi connectivity index (χ0) is 30.7. The van der Waals surface area contributed by atoms with Crippen molar-refractivity contribution in [3.63, 3.8) is 0 Å². The van der Waals surface area contributed by atoms with Crippen molar-refractivity contribution in [3.8, 4) is 23.3 Å². The molecule has 43 heavy (non-hydrogen) atoms. The predicted molar refractivity (Wildman–Crippen MR) is 165 cm³/mol. The molecular formula is C29H27ClN6O5S2. The first-order valence-corrected chi connectivity index (χ1v) is 15.3. The number of anilines is 2. The fourth-order valence-corrected chi connectivity index (χ4v) is 7.00. The fourth-order valence-electron chi connectivity index (χ4n) is 5.13. The molecule has 0 fully saturated rings. The van der Waals surface area contributed by atoms with E-state index in [1.54, 1.807) is 41.3 Å². The Hall–Kier alpha value is -4.25. The molecule has 11 nitrogen and oxygen atoms in total. The summed E-state index contributed by atoms with van der Waals surface area (Å²) in [6.07, 6.45) is 1.50. The van der Waals surface area contributed by atoms with Crippen LogP contribution in [0, 0.1) is 11.3 Å². The SMILES string of the molecule is COc1cc(C2C(C#N)=C(N)N(c3nnc(SCC(=O)Nc4ccccc4Cl)s3)C3=C2C(=O)CCC3)cc(OC)c1OC. The monoisotopic (exact) mass is 638 g/mol. The van der Waals surface area contributed by atoms with E-state index in [4.69, 9.17) is 31.5 Å². The van der Waals surface area contributed by atoms with Gasteiger partial charge >= 0.3 is 0 Å². The van der Waals surface area contributed by atoms with Crippen molar-refractivity contribution in [1.29, 1.82) is 5.26 Å². The maximum absolute atomic E-state index is 13.5. The number of Topliss-reactive ketones (excluding diaryl/α,β-unsaturated/α-hetero) is 1. The Balaban J connectivity index is 1.48. The molecule has 2 aromatic carbocycles. The van der Waals surface area contributed by atoms with E-state index < -0.39 is 5.92 Å². The summed E-state index contributed by atoms with van der Waals surface area (Å²) in [5.74, 6) is 0.326. The average molecular weight is 639 g/mol. The quantitative estimate of drug-likeness (QED) is 0.295.